The second kappa shape index (κ2) is 7.85. The van der Waals surface area contributed by atoms with Crippen LogP contribution in [0.4, 0.5) is 5.82 Å². The number of carbonyl (C=O) groups is 1. The molecular weight excluding hydrogens is 324 g/mol. The largest absolute Gasteiger partial charge is 0.354 e. The first-order chi connectivity index (χ1) is 12.8. The lowest BCUT2D eigenvalue weighted by atomic mass is 9.95. The van der Waals surface area contributed by atoms with Crippen molar-refractivity contribution in [1.29, 1.82) is 0 Å². The number of benzene rings is 1. The molecule has 0 saturated carbocycles. The summed E-state index contributed by atoms with van der Waals surface area (Å²) in [5, 5.41) is 8.83. The zero-order valence-corrected chi connectivity index (χ0v) is 15.2. The van der Waals surface area contributed by atoms with Gasteiger partial charge in [-0.3, -0.25) is 4.79 Å². The van der Waals surface area contributed by atoms with E-state index in [1.54, 1.807) is 0 Å². The Balaban J connectivity index is 1.43. The molecule has 0 aliphatic carbocycles. The maximum atomic E-state index is 12.8. The number of anilines is 1. The number of hydrogen-bond donors (Lipinski definition) is 0. The molecule has 136 valence electrons. The number of carbonyl (C=O) groups excluding carboxylic acids is 1. The minimum absolute atomic E-state index is 0.0949. The normalized spacial score (nSPS) is 20.8. The summed E-state index contributed by atoms with van der Waals surface area (Å²) < 4.78 is 0. The average molecular weight is 350 g/mol. The molecular formula is C21H26N4O. The van der Waals surface area contributed by atoms with Crippen LogP contribution >= 0.6 is 0 Å². The molecule has 5 heteroatoms. The zero-order valence-electron chi connectivity index (χ0n) is 15.2. The Kier molecular flexibility index (Phi) is 5.14. The number of rotatable bonds is 3. The van der Waals surface area contributed by atoms with Crippen LogP contribution in [0.2, 0.25) is 0 Å². The molecule has 0 bridgehead atoms. The second-order valence-corrected chi connectivity index (χ2v) is 7.31. The molecule has 26 heavy (non-hydrogen) atoms. The summed E-state index contributed by atoms with van der Waals surface area (Å²) in [7, 11) is 0. The van der Waals surface area contributed by atoms with E-state index >= 15 is 0 Å². The van der Waals surface area contributed by atoms with Gasteiger partial charge in [-0.05, 0) is 44.2 Å². The van der Waals surface area contributed by atoms with Gasteiger partial charge in [-0.15, -0.1) is 10.2 Å². The van der Waals surface area contributed by atoms with Crippen LogP contribution in [0.25, 0.3) is 11.3 Å². The molecule has 2 fully saturated rings. The van der Waals surface area contributed by atoms with Crippen LogP contribution in [-0.4, -0.2) is 47.2 Å². The maximum Gasteiger partial charge on any atom is 0.227 e. The number of piperidine rings is 2. The van der Waals surface area contributed by atoms with Crippen molar-refractivity contribution in [3.63, 3.8) is 0 Å². The van der Waals surface area contributed by atoms with Crippen molar-refractivity contribution in [3.8, 4) is 11.3 Å². The molecule has 2 saturated heterocycles. The SMILES string of the molecule is O=C([C@H]1CCCN(c2ccc(-c3ccccc3)nn2)C1)N1CCCCC1. The van der Waals surface area contributed by atoms with E-state index in [2.05, 4.69) is 20.0 Å². The van der Waals surface area contributed by atoms with Gasteiger partial charge >= 0.3 is 0 Å². The third-order valence-corrected chi connectivity index (χ3v) is 5.48. The summed E-state index contributed by atoms with van der Waals surface area (Å²) in [6.07, 6.45) is 5.57. The van der Waals surface area contributed by atoms with Gasteiger partial charge in [0.15, 0.2) is 5.82 Å². The molecule has 0 N–H and O–H groups in total. The lowest BCUT2D eigenvalue weighted by Crippen LogP contribution is -2.46. The van der Waals surface area contributed by atoms with E-state index in [0.717, 1.165) is 68.9 Å². The van der Waals surface area contributed by atoms with Gasteiger partial charge in [0.25, 0.3) is 0 Å². The molecule has 1 atom stereocenters. The Morgan fingerprint density at radius 3 is 2.42 bits per heavy atom. The molecule has 2 aliphatic rings. The van der Waals surface area contributed by atoms with E-state index in [-0.39, 0.29) is 5.92 Å². The number of likely N-dealkylation sites (tertiary alicyclic amines) is 1. The quantitative estimate of drug-likeness (QED) is 0.851. The fourth-order valence-electron chi connectivity index (χ4n) is 4.02. The van der Waals surface area contributed by atoms with Gasteiger partial charge in [-0.25, -0.2) is 0 Å². The van der Waals surface area contributed by atoms with E-state index in [1.807, 2.05) is 42.5 Å². The molecule has 0 spiro atoms. The van der Waals surface area contributed by atoms with Gasteiger partial charge in [-0.2, -0.15) is 0 Å². The molecule has 0 radical (unpaired) electrons. The highest BCUT2D eigenvalue weighted by Crippen LogP contribution is 2.25. The van der Waals surface area contributed by atoms with Crippen molar-refractivity contribution in [2.45, 2.75) is 32.1 Å². The van der Waals surface area contributed by atoms with Gasteiger partial charge in [-0.1, -0.05) is 30.3 Å². The first-order valence-corrected chi connectivity index (χ1v) is 9.74. The first-order valence-electron chi connectivity index (χ1n) is 9.74. The van der Waals surface area contributed by atoms with Crippen LogP contribution in [0, 0.1) is 5.92 Å². The third kappa shape index (κ3) is 3.71. The summed E-state index contributed by atoms with van der Waals surface area (Å²) in [5.74, 6) is 1.31. The summed E-state index contributed by atoms with van der Waals surface area (Å²) in [5.41, 5.74) is 1.95. The van der Waals surface area contributed by atoms with E-state index in [1.165, 1.54) is 6.42 Å². The highest BCUT2D eigenvalue weighted by molar-refractivity contribution is 5.79. The predicted octanol–water partition coefficient (Wildman–Crippen LogP) is 3.37. The number of hydrogen-bond acceptors (Lipinski definition) is 4. The summed E-state index contributed by atoms with van der Waals surface area (Å²) in [6.45, 7) is 3.57. The van der Waals surface area contributed by atoms with Crippen molar-refractivity contribution in [2.75, 3.05) is 31.1 Å². The summed E-state index contributed by atoms with van der Waals surface area (Å²) in [4.78, 5) is 17.1. The maximum absolute atomic E-state index is 12.8. The monoisotopic (exact) mass is 350 g/mol. The zero-order chi connectivity index (χ0) is 17.8. The molecule has 1 aromatic heterocycles. The number of amides is 1. The van der Waals surface area contributed by atoms with Crippen LogP contribution in [0.1, 0.15) is 32.1 Å². The van der Waals surface area contributed by atoms with Gasteiger partial charge in [0, 0.05) is 31.7 Å². The average Bonchev–Trinajstić information content (AvgIpc) is 2.75. The minimum Gasteiger partial charge on any atom is -0.354 e. The molecule has 0 unspecified atom stereocenters. The highest BCUT2D eigenvalue weighted by atomic mass is 16.2. The smallest absolute Gasteiger partial charge is 0.227 e. The number of nitrogens with zero attached hydrogens (tertiary/aromatic N) is 4. The predicted molar refractivity (Wildman–Crippen MR) is 103 cm³/mol. The second-order valence-electron chi connectivity index (χ2n) is 7.31. The van der Waals surface area contributed by atoms with Crippen LogP contribution in [0.5, 0.6) is 0 Å². The van der Waals surface area contributed by atoms with Crippen LogP contribution < -0.4 is 4.90 Å². The van der Waals surface area contributed by atoms with Crippen molar-refractivity contribution in [1.82, 2.24) is 15.1 Å². The van der Waals surface area contributed by atoms with Crippen molar-refractivity contribution < 1.29 is 4.79 Å². The van der Waals surface area contributed by atoms with Crippen molar-refractivity contribution >= 4 is 11.7 Å². The van der Waals surface area contributed by atoms with Gasteiger partial charge in [0.2, 0.25) is 5.91 Å². The summed E-state index contributed by atoms with van der Waals surface area (Å²) >= 11 is 0. The van der Waals surface area contributed by atoms with E-state index in [0.29, 0.717) is 5.91 Å². The molecule has 3 heterocycles. The highest BCUT2D eigenvalue weighted by Gasteiger charge is 2.30. The van der Waals surface area contributed by atoms with Gasteiger partial charge in [0.1, 0.15) is 0 Å². The fourth-order valence-corrected chi connectivity index (χ4v) is 4.02. The van der Waals surface area contributed by atoms with Crippen LogP contribution in [0.15, 0.2) is 42.5 Å². The summed E-state index contributed by atoms with van der Waals surface area (Å²) in [6, 6.07) is 14.1. The van der Waals surface area contributed by atoms with E-state index in [4.69, 9.17) is 0 Å². The Morgan fingerprint density at radius 2 is 1.69 bits per heavy atom. The van der Waals surface area contributed by atoms with Gasteiger partial charge < -0.3 is 9.80 Å². The van der Waals surface area contributed by atoms with Crippen molar-refractivity contribution in [2.24, 2.45) is 5.92 Å². The van der Waals surface area contributed by atoms with E-state index in [9.17, 15) is 4.79 Å². The number of aromatic nitrogens is 2. The molecule has 2 aliphatic heterocycles. The van der Waals surface area contributed by atoms with Gasteiger partial charge in [0.05, 0.1) is 11.6 Å². The first kappa shape index (κ1) is 17.0. The minimum atomic E-state index is 0.0949. The van der Waals surface area contributed by atoms with Crippen molar-refractivity contribution in [3.05, 3.63) is 42.5 Å². The standard InChI is InChI=1S/C21H26N4O/c26-21(24-13-5-2-6-14-24)18-10-7-15-25(16-18)20-12-11-19(22-23-20)17-8-3-1-4-9-17/h1,3-4,8-9,11-12,18H,2,5-7,10,13-16H2/t18-/m0/s1. The van der Waals surface area contributed by atoms with E-state index < -0.39 is 0 Å². The topological polar surface area (TPSA) is 49.3 Å². The fraction of sp³-hybridized carbons (Fsp3) is 0.476. The Labute approximate surface area is 155 Å². The molecule has 1 aromatic carbocycles. The Hall–Kier alpha value is -2.43. The lowest BCUT2D eigenvalue weighted by Gasteiger charge is -2.36. The molecule has 2 aromatic rings. The Bertz CT molecular complexity index is 725. The van der Waals surface area contributed by atoms with Crippen LogP contribution in [-0.2, 0) is 4.79 Å². The van der Waals surface area contributed by atoms with Crippen LogP contribution in [0.3, 0.4) is 0 Å². The third-order valence-electron chi connectivity index (χ3n) is 5.48. The molecule has 4 rings (SSSR count). The lowest BCUT2D eigenvalue weighted by molar-refractivity contribution is -0.136. The molecule has 5 nitrogen and oxygen atoms in total. The Morgan fingerprint density at radius 1 is 0.885 bits per heavy atom. The molecule has 1 amide bonds.